The third kappa shape index (κ3) is 3.89. The Morgan fingerprint density at radius 1 is 1.53 bits per heavy atom. The number of likely N-dealkylation sites (tertiary alicyclic amines) is 1. The second-order valence-corrected chi connectivity index (χ2v) is 4.80. The molecule has 0 aromatic carbocycles. The quantitative estimate of drug-likeness (QED) is 0.668. The molecule has 17 heavy (non-hydrogen) atoms. The molecule has 6 heteroatoms. The van der Waals surface area contributed by atoms with Crippen LogP contribution < -0.4 is 5.32 Å². The summed E-state index contributed by atoms with van der Waals surface area (Å²) in [6.07, 6.45) is 1.62. The summed E-state index contributed by atoms with van der Waals surface area (Å²) >= 11 is 0. The number of carboxylic acid groups (broad SMARTS) is 1. The minimum absolute atomic E-state index is 0.247. The minimum atomic E-state index is -1.02. The van der Waals surface area contributed by atoms with E-state index in [9.17, 15) is 14.7 Å². The number of nitrogens with zero attached hydrogens (tertiary/aromatic N) is 1. The number of aliphatic hydroxyl groups is 1. The van der Waals surface area contributed by atoms with Gasteiger partial charge >= 0.3 is 12.0 Å². The van der Waals surface area contributed by atoms with Crippen LogP contribution in [0.3, 0.4) is 0 Å². The highest BCUT2D eigenvalue weighted by atomic mass is 16.4. The van der Waals surface area contributed by atoms with Crippen molar-refractivity contribution in [1.29, 1.82) is 0 Å². The molecule has 1 aliphatic rings. The summed E-state index contributed by atoms with van der Waals surface area (Å²) in [4.78, 5) is 24.1. The Bertz CT molecular complexity index is 304. The Labute approximate surface area is 101 Å². The Hall–Kier alpha value is -1.30. The SMILES string of the molecule is CCC[C@@H](NC(=O)N1CCC(C)(O)C1)C(=O)O. The van der Waals surface area contributed by atoms with E-state index in [2.05, 4.69) is 5.32 Å². The number of rotatable bonds is 4. The molecule has 0 aromatic heterocycles. The van der Waals surface area contributed by atoms with Crippen LogP contribution in [0.25, 0.3) is 0 Å². The van der Waals surface area contributed by atoms with Crippen LogP contribution in [-0.2, 0) is 4.79 Å². The highest BCUT2D eigenvalue weighted by Gasteiger charge is 2.35. The van der Waals surface area contributed by atoms with Crippen molar-refractivity contribution < 1.29 is 19.8 Å². The minimum Gasteiger partial charge on any atom is -0.480 e. The summed E-state index contributed by atoms with van der Waals surface area (Å²) in [6.45, 7) is 4.23. The normalized spacial score (nSPS) is 25.7. The average molecular weight is 244 g/mol. The molecule has 0 aromatic rings. The van der Waals surface area contributed by atoms with Gasteiger partial charge in [-0.3, -0.25) is 0 Å². The third-order valence-electron chi connectivity index (χ3n) is 2.91. The van der Waals surface area contributed by atoms with Crippen molar-refractivity contribution >= 4 is 12.0 Å². The summed E-state index contributed by atoms with van der Waals surface area (Å²) in [7, 11) is 0. The highest BCUT2D eigenvalue weighted by molar-refractivity contribution is 5.82. The molecule has 0 bridgehead atoms. The van der Waals surface area contributed by atoms with Crippen molar-refractivity contribution in [2.24, 2.45) is 0 Å². The topological polar surface area (TPSA) is 89.9 Å². The lowest BCUT2D eigenvalue weighted by Gasteiger charge is -2.22. The molecule has 2 amide bonds. The molecule has 98 valence electrons. The fourth-order valence-electron chi connectivity index (χ4n) is 1.90. The number of amides is 2. The number of carbonyl (C=O) groups excluding carboxylic acids is 1. The van der Waals surface area contributed by atoms with Crippen molar-refractivity contribution in [2.45, 2.75) is 44.8 Å². The summed E-state index contributed by atoms with van der Waals surface area (Å²) in [5, 5.41) is 21.1. The molecule has 0 aliphatic carbocycles. The van der Waals surface area contributed by atoms with E-state index < -0.39 is 23.6 Å². The third-order valence-corrected chi connectivity index (χ3v) is 2.91. The standard InChI is InChI=1S/C11H20N2O4/c1-3-4-8(9(14)15)12-10(16)13-6-5-11(2,17)7-13/h8,17H,3-7H2,1-2H3,(H,12,16)(H,14,15)/t8-,11?/m1/s1. The van der Waals surface area contributed by atoms with Crippen LogP contribution in [0, 0.1) is 0 Å². The lowest BCUT2D eigenvalue weighted by atomic mass is 10.1. The number of hydrogen-bond donors (Lipinski definition) is 3. The van der Waals surface area contributed by atoms with Crippen LogP contribution in [0.1, 0.15) is 33.1 Å². The van der Waals surface area contributed by atoms with E-state index in [-0.39, 0.29) is 6.54 Å². The van der Waals surface area contributed by atoms with Crippen LogP contribution in [-0.4, -0.2) is 51.8 Å². The number of carboxylic acids is 1. The number of β-amino-alcohol motifs (C(OH)–C–C–N with tert-alkyl or cyclic N) is 1. The van der Waals surface area contributed by atoms with Crippen LogP contribution in [0.15, 0.2) is 0 Å². The maximum Gasteiger partial charge on any atom is 0.326 e. The van der Waals surface area contributed by atoms with Crippen LogP contribution in [0.2, 0.25) is 0 Å². The fraction of sp³-hybridized carbons (Fsp3) is 0.818. The van der Waals surface area contributed by atoms with Gasteiger partial charge in [-0.05, 0) is 19.8 Å². The molecule has 1 unspecified atom stereocenters. The maximum absolute atomic E-state index is 11.8. The second kappa shape index (κ2) is 5.35. The van der Waals surface area contributed by atoms with Gasteiger partial charge in [0.05, 0.1) is 12.1 Å². The molecule has 1 fully saturated rings. The number of carbonyl (C=O) groups is 2. The van der Waals surface area contributed by atoms with Crippen LogP contribution >= 0.6 is 0 Å². The molecule has 2 atom stereocenters. The predicted octanol–water partition coefficient (Wildman–Crippen LogP) is 0.406. The molecule has 0 radical (unpaired) electrons. The summed E-state index contributed by atoms with van der Waals surface area (Å²) in [6, 6.07) is -1.26. The second-order valence-electron chi connectivity index (χ2n) is 4.80. The van der Waals surface area contributed by atoms with Gasteiger partial charge in [0.15, 0.2) is 0 Å². The molecule has 0 saturated carbocycles. The Balaban J connectivity index is 2.51. The number of urea groups is 1. The average Bonchev–Trinajstić information content (AvgIpc) is 2.58. The van der Waals surface area contributed by atoms with Crippen molar-refractivity contribution in [1.82, 2.24) is 10.2 Å². The number of nitrogens with one attached hydrogen (secondary N) is 1. The molecule has 1 heterocycles. The Kier molecular flexibility index (Phi) is 4.34. The first-order valence-corrected chi connectivity index (χ1v) is 5.86. The van der Waals surface area contributed by atoms with E-state index in [1.807, 2.05) is 6.92 Å². The van der Waals surface area contributed by atoms with Gasteiger partial charge in [-0.2, -0.15) is 0 Å². The molecule has 1 rings (SSSR count). The predicted molar refractivity (Wildman–Crippen MR) is 61.7 cm³/mol. The maximum atomic E-state index is 11.8. The Morgan fingerprint density at radius 2 is 2.18 bits per heavy atom. The number of aliphatic carboxylic acids is 1. The van der Waals surface area contributed by atoms with Gasteiger partial charge in [0.1, 0.15) is 6.04 Å². The van der Waals surface area contributed by atoms with E-state index in [1.54, 1.807) is 6.92 Å². The first kappa shape index (κ1) is 13.8. The molecule has 1 saturated heterocycles. The summed E-state index contributed by atoms with van der Waals surface area (Å²) in [5.41, 5.74) is -0.860. The highest BCUT2D eigenvalue weighted by Crippen LogP contribution is 2.20. The van der Waals surface area contributed by atoms with E-state index in [1.165, 1.54) is 4.90 Å². The first-order valence-electron chi connectivity index (χ1n) is 5.86. The van der Waals surface area contributed by atoms with E-state index in [0.717, 1.165) is 0 Å². The van der Waals surface area contributed by atoms with Gasteiger partial charge in [-0.15, -0.1) is 0 Å². The van der Waals surface area contributed by atoms with Crippen molar-refractivity contribution in [2.75, 3.05) is 13.1 Å². The van der Waals surface area contributed by atoms with Gasteiger partial charge in [0.2, 0.25) is 0 Å². The first-order chi connectivity index (χ1) is 7.85. The monoisotopic (exact) mass is 244 g/mol. The molecule has 3 N–H and O–H groups in total. The van der Waals surface area contributed by atoms with Crippen molar-refractivity contribution in [3.05, 3.63) is 0 Å². The zero-order valence-corrected chi connectivity index (χ0v) is 10.3. The molecular weight excluding hydrogens is 224 g/mol. The largest absolute Gasteiger partial charge is 0.480 e. The van der Waals surface area contributed by atoms with Gasteiger partial charge < -0.3 is 20.4 Å². The fourth-order valence-corrected chi connectivity index (χ4v) is 1.90. The molecule has 0 spiro atoms. The van der Waals surface area contributed by atoms with Crippen LogP contribution in [0.5, 0.6) is 0 Å². The van der Waals surface area contributed by atoms with Crippen molar-refractivity contribution in [3.63, 3.8) is 0 Å². The lowest BCUT2D eigenvalue weighted by molar-refractivity contribution is -0.139. The summed E-state index contributed by atoms with van der Waals surface area (Å²) < 4.78 is 0. The van der Waals surface area contributed by atoms with Crippen LogP contribution in [0.4, 0.5) is 4.79 Å². The van der Waals surface area contributed by atoms with Crippen molar-refractivity contribution in [3.8, 4) is 0 Å². The smallest absolute Gasteiger partial charge is 0.326 e. The Morgan fingerprint density at radius 3 is 2.59 bits per heavy atom. The zero-order valence-electron chi connectivity index (χ0n) is 10.3. The lowest BCUT2D eigenvalue weighted by Crippen LogP contribution is -2.48. The molecular formula is C11H20N2O4. The van der Waals surface area contributed by atoms with Gasteiger partial charge in [-0.1, -0.05) is 13.3 Å². The summed E-state index contributed by atoms with van der Waals surface area (Å²) in [5.74, 6) is -1.02. The van der Waals surface area contributed by atoms with E-state index >= 15 is 0 Å². The molecule has 1 aliphatic heterocycles. The van der Waals surface area contributed by atoms with E-state index in [0.29, 0.717) is 25.8 Å². The molecule has 6 nitrogen and oxygen atoms in total. The van der Waals surface area contributed by atoms with Gasteiger partial charge in [0, 0.05) is 6.54 Å². The zero-order chi connectivity index (χ0) is 13.1. The van der Waals surface area contributed by atoms with E-state index in [4.69, 9.17) is 5.11 Å². The number of hydrogen-bond acceptors (Lipinski definition) is 3. The van der Waals surface area contributed by atoms with Gasteiger partial charge in [0.25, 0.3) is 0 Å². The van der Waals surface area contributed by atoms with Gasteiger partial charge in [-0.25, -0.2) is 9.59 Å².